The van der Waals surface area contributed by atoms with Crippen LogP contribution in [-0.2, 0) is 4.79 Å². The average molecular weight is 156 g/mol. The predicted molar refractivity (Wildman–Crippen MR) is 47.1 cm³/mol. The maximum atomic E-state index is 10.9. The molecule has 0 spiro atoms. The summed E-state index contributed by atoms with van der Waals surface area (Å²) in [5, 5.41) is 2.79. The predicted octanol–water partition coefficient (Wildman–Crippen LogP) is 1.91. The molecule has 1 amide bonds. The summed E-state index contributed by atoms with van der Waals surface area (Å²) in [5.74, 6) is 0.169. The van der Waals surface area contributed by atoms with E-state index >= 15 is 0 Å². The fourth-order valence-electron chi connectivity index (χ4n) is 0.852. The second kappa shape index (κ2) is 7.58. The van der Waals surface area contributed by atoms with Crippen LogP contribution in [0, 0.1) is 6.92 Å². The van der Waals surface area contributed by atoms with E-state index in [1.165, 1.54) is 6.42 Å². The highest BCUT2D eigenvalue weighted by atomic mass is 16.1. The maximum Gasteiger partial charge on any atom is 0.219 e. The Labute approximate surface area is 69.4 Å². The molecule has 1 radical (unpaired) electrons. The van der Waals surface area contributed by atoms with Crippen LogP contribution >= 0.6 is 0 Å². The van der Waals surface area contributed by atoms with E-state index in [1.807, 2.05) is 0 Å². The molecule has 65 valence electrons. The first kappa shape index (κ1) is 10.5. The van der Waals surface area contributed by atoms with Gasteiger partial charge in [0.05, 0.1) is 0 Å². The van der Waals surface area contributed by atoms with E-state index in [4.69, 9.17) is 0 Å². The minimum Gasteiger partial charge on any atom is -0.356 e. The molecule has 1 N–H and O–H groups in total. The van der Waals surface area contributed by atoms with Crippen molar-refractivity contribution in [2.45, 2.75) is 39.0 Å². The van der Waals surface area contributed by atoms with E-state index in [0.717, 1.165) is 19.3 Å². The molecule has 0 aliphatic heterocycles. The van der Waals surface area contributed by atoms with Crippen LogP contribution in [0.15, 0.2) is 0 Å². The van der Waals surface area contributed by atoms with Gasteiger partial charge in [0, 0.05) is 13.0 Å². The topological polar surface area (TPSA) is 29.1 Å². The monoisotopic (exact) mass is 156 g/mol. The third-order valence-electron chi connectivity index (χ3n) is 1.51. The molecule has 0 aliphatic rings. The van der Waals surface area contributed by atoms with Crippen LogP contribution < -0.4 is 5.32 Å². The molecule has 2 nitrogen and oxygen atoms in total. The molecule has 0 bridgehead atoms. The number of amides is 1. The summed E-state index contributed by atoms with van der Waals surface area (Å²) >= 11 is 0. The Morgan fingerprint density at radius 2 is 2.18 bits per heavy atom. The highest BCUT2D eigenvalue weighted by molar-refractivity contribution is 5.75. The van der Waals surface area contributed by atoms with Crippen molar-refractivity contribution in [3.8, 4) is 0 Å². The second-order valence-electron chi connectivity index (χ2n) is 2.66. The van der Waals surface area contributed by atoms with Crippen molar-refractivity contribution < 1.29 is 4.79 Å². The van der Waals surface area contributed by atoms with E-state index in [2.05, 4.69) is 19.2 Å². The van der Waals surface area contributed by atoms with E-state index in [0.29, 0.717) is 13.0 Å². The Balaban J connectivity index is 3.09. The third kappa shape index (κ3) is 7.37. The van der Waals surface area contributed by atoms with Crippen LogP contribution in [0.3, 0.4) is 0 Å². The zero-order chi connectivity index (χ0) is 8.53. The molecule has 0 unspecified atom stereocenters. The number of nitrogens with one attached hydrogen (secondary N) is 1. The Kier molecular flexibility index (Phi) is 7.21. The number of carbonyl (C=O) groups is 1. The molecule has 0 aromatic carbocycles. The SMILES string of the molecule is [CH2]CCNC(=O)CCCCC. The summed E-state index contributed by atoms with van der Waals surface area (Å²) in [5.41, 5.74) is 0. The van der Waals surface area contributed by atoms with Gasteiger partial charge < -0.3 is 5.32 Å². The lowest BCUT2D eigenvalue weighted by Gasteiger charge is -2.01. The lowest BCUT2D eigenvalue weighted by molar-refractivity contribution is -0.121. The molecule has 0 aromatic rings. The first-order valence-electron chi connectivity index (χ1n) is 4.37. The molecule has 0 atom stereocenters. The summed E-state index contributed by atoms with van der Waals surface area (Å²) < 4.78 is 0. The molecule has 0 fully saturated rings. The van der Waals surface area contributed by atoms with Gasteiger partial charge in [-0.15, -0.1) is 0 Å². The van der Waals surface area contributed by atoms with Gasteiger partial charge in [0.1, 0.15) is 0 Å². The first-order chi connectivity index (χ1) is 5.31. The third-order valence-corrected chi connectivity index (χ3v) is 1.51. The van der Waals surface area contributed by atoms with Crippen molar-refractivity contribution in [2.24, 2.45) is 0 Å². The van der Waals surface area contributed by atoms with E-state index < -0.39 is 0 Å². The van der Waals surface area contributed by atoms with Crippen LogP contribution in [0.4, 0.5) is 0 Å². The normalized spacial score (nSPS) is 9.64. The first-order valence-corrected chi connectivity index (χ1v) is 4.37. The Morgan fingerprint density at radius 1 is 1.45 bits per heavy atom. The van der Waals surface area contributed by atoms with Crippen LogP contribution in [0.1, 0.15) is 39.0 Å². The Morgan fingerprint density at radius 3 is 2.73 bits per heavy atom. The molecule has 2 heteroatoms. The van der Waals surface area contributed by atoms with Crippen LogP contribution in [-0.4, -0.2) is 12.5 Å². The number of unbranched alkanes of at least 4 members (excludes halogenated alkanes) is 2. The van der Waals surface area contributed by atoms with Gasteiger partial charge in [0.2, 0.25) is 5.91 Å². The molecule has 0 saturated carbocycles. The molecule has 0 aromatic heterocycles. The van der Waals surface area contributed by atoms with Crippen molar-refractivity contribution in [2.75, 3.05) is 6.54 Å². The number of rotatable bonds is 6. The van der Waals surface area contributed by atoms with E-state index in [9.17, 15) is 4.79 Å². The maximum absolute atomic E-state index is 10.9. The van der Waals surface area contributed by atoms with Crippen LogP contribution in [0.25, 0.3) is 0 Å². The lowest BCUT2D eigenvalue weighted by atomic mass is 10.2. The van der Waals surface area contributed by atoms with Gasteiger partial charge in [-0.3, -0.25) is 4.79 Å². The molecular formula is C9H18NO. The Bertz CT molecular complexity index is 102. The summed E-state index contributed by atoms with van der Waals surface area (Å²) in [6, 6.07) is 0. The highest BCUT2D eigenvalue weighted by Crippen LogP contribution is 1.97. The fourth-order valence-corrected chi connectivity index (χ4v) is 0.852. The summed E-state index contributed by atoms with van der Waals surface area (Å²) in [4.78, 5) is 10.9. The summed E-state index contributed by atoms with van der Waals surface area (Å²) in [6.45, 7) is 6.49. The largest absolute Gasteiger partial charge is 0.356 e. The number of carbonyl (C=O) groups excluding carboxylic acids is 1. The van der Waals surface area contributed by atoms with Gasteiger partial charge in [-0.05, 0) is 12.8 Å². The van der Waals surface area contributed by atoms with Crippen molar-refractivity contribution in [1.29, 1.82) is 0 Å². The van der Waals surface area contributed by atoms with Gasteiger partial charge in [-0.2, -0.15) is 0 Å². The summed E-state index contributed by atoms with van der Waals surface area (Å²) in [6.07, 6.45) is 4.78. The smallest absolute Gasteiger partial charge is 0.219 e. The van der Waals surface area contributed by atoms with Gasteiger partial charge >= 0.3 is 0 Å². The molecule has 0 heterocycles. The second-order valence-corrected chi connectivity index (χ2v) is 2.66. The van der Waals surface area contributed by atoms with E-state index in [1.54, 1.807) is 0 Å². The molecule has 0 rings (SSSR count). The van der Waals surface area contributed by atoms with Gasteiger partial charge in [0.25, 0.3) is 0 Å². The van der Waals surface area contributed by atoms with Gasteiger partial charge in [-0.1, -0.05) is 26.7 Å². The van der Waals surface area contributed by atoms with E-state index in [-0.39, 0.29) is 5.91 Å². The standard InChI is InChI=1S/C9H18NO/c1-3-5-6-7-9(11)10-8-4-2/h2-8H2,1H3,(H,10,11). The minimum atomic E-state index is 0.169. The average Bonchev–Trinajstić information content (AvgIpc) is 2.01. The van der Waals surface area contributed by atoms with Crippen LogP contribution in [0.5, 0.6) is 0 Å². The highest BCUT2D eigenvalue weighted by Gasteiger charge is 1.97. The van der Waals surface area contributed by atoms with Crippen molar-refractivity contribution in [3.05, 3.63) is 6.92 Å². The van der Waals surface area contributed by atoms with Crippen molar-refractivity contribution in [1.82, 2.24) is 5.32 Å². The number of hydrogen-bond donors (Lipinski definition) is 1. The lowest BCUT2D eigenvalue weighted by Crippen LogP contribution is -2.23. The molecular weight excluding hydrogens is 138 g/mol. The van der Waals surface area contributed by atoms with Crippen molar-refractivity contribution in [3.63, 3.8) is 0 Å². The zero-order valence-corrected chi connectivity index (χ0v) is 7.36. The fraction of sp³-hybridized carbons (Fsp3) is 0.778. The van der Waals surface area contributed by atoms with Gasteiger partial charge in [0.15, 0.2) is 0 Å². The van der Waals surface area contributed by atoms with Crippen LogP contribution in [0.2, 0.25) is 0 Å². The van der Waals surface area contributed by atoms with Gasteiger partial charge in [-0.25, -0.2) is 0 Å². The summed E-state index contributed by atoms with van der Waals surface area (Å²) in [7, 11) is 0. The number of hydrogen-bond acceptors (Lipinski definition) is 1. The molecule has 0 saturated heterocycles. The Hall–Kier alpha value is -0.530. The quantitative estimate of drug-likeness (QED) is 0.585. The molecule has 0 aliphatic carbocycles. The minimum absolute atomic E-state index is 0.169. The molecule has 11 heavy (non-hydrogen) atoms. The zero-order valence-electron chi connectivity index (χ0n) is 7.36. The van der Waals surface area contributed by atoms with Crippen molar-refractivity contribution >= 4 is 5.91 Å².